The lowest BCUT2D eigenvalue weighted by Crippen LogP contribution is -2.58. The monoisotopic (exact) mass is 713 g/mol. The number of aryl methyl sites for hydroxylation is 2. The Hall–Kier alpha value is -3.16. The molecule has 0 aliphatic carbocycles. The van der Waals surface area contributed by atoms with Crippen LogP contribution in [0.1, 0.15) is 94.2 Å². The van der Waals surface area contributed by atoms with Crippen molar-refractivity contribution in [1.82, 2.24) is 15.5 Å². The second-order valence-corrected chi connectivity index (χ2v) is 16.0. The summed E-state index contributed by atoms with van der Waals surface area (Å²) in [4.78, 5) is 40.0. The Kier molecular flexibility index (Phi) is 13.4. The largest absolute Gasteiger partial charge is 0.444 e. The fourth-order valence-electron chi connectivity index (χ4n) is 6.43. The summed E-state index contributed by atoms with van der Waals surface area (Å²) in [5, 5.41) is 37.1. The lowest BCUT2D eigenvalue weighted by atomic mass is 9.91. The van der Waals surface area contributed by atoms with Crippen LogP contribution in [0.2, 0.25) is 0 Å². The number of piperidine rings is 1. The molecule has 0 saturated carbocycles. The zero-order valence-electron chi connectivity index (χ0n) is 30.4. The van der Waals surface area contributed by atoms with Crippen molar-refractivity contribution >= 4 is 29.7 Å². The Balaban J connectivity index is 1.23. The predicted molar refractivity (Wildman–Crippen MR) is 194 cm³/mol. The van der Waals surface area contributed by atoms with E-state index in [-0.39, 0.29) is 17.9 Å². The number of aliphatic hydroxyl groups is 3. The Morgan fingerprint density at radius 2 is 1.58 bits per heavy atom. The number of nitrogens with zero attached hydrogens (tertiary/aromatic N) is 1. The number of carbonyl (C=O) groups excluding carboxylic acids is 3. The third-order valence-corrected chi connectivity index (χ3v) is 10.1. The van der Waals surface area contributed by atoms with Gasteiger partial charge in [0.2, 0.25) is 11.8 Å². The van der Waals surface area contributed by atoms with Crippen molar-refractivity contribution in [3.8, 4) is 0 Å². The number of likely N-dealkylation sites (tertiary alicyclic amines) is 1. The van der Waals surface area contributed by atoms with Crippen molar-refractivity contribution in [3.63, 3.8) is 0 Å². The number of ether oxygens (including phenoxy) is 2. The van der Waals surface area contributed by atoms with Gasteiger partial charge in [0.15, 0.2) is 0 Å². The number of rotatable bonds is 11. The highest BCUT2D eigenvalue weighted by atomic mass is 32.2. The number of benzene rings is 2. The molecular weight excluding hydrogens is 658 g/mol. The number of carbonyl (C=O) groups is 3. The summed E-state index contributed by atoms with van der Waals surface area (Å²) >= 11 is 1.29. The van der Waals surface area contributed by atoms with Gasteiger partial charge < -0.3 is 40.3 Å². The normalized spacial score (nSPS) is 23.3. The summed E-state index contributed by atoms with van der Waals surface area (Å²) < 4.78 is 11.3. The van der Waals surface area contributed by atoms with Crippen LogP contribution in [0.25, 0.3) is 0 Å². The van der Waals surface area contributed by atoms with Crippen molar-refractivity contribution in [3.05, 3.63) is 70.3 Å². The number of hydrogen-bond donors (Lipinski definition) is 5. The summed E-state index contributed by atoms with van der Waals surface area (Å²) in [6, 6.07) is 14.1. The Morgan fingerprint density at radius 1 is 0.940 bits per heavy atom. The zero-order valence-corrected chi connectivity index (χ0v) is 31.2. The summed E-state index contributed by atoms with van der Waals surface area (Å²) in [6.45, 7) is 11.9. The van der Waals surface area contributed by atoms with Gasteiger partial charge in [-0.15, -0.1) is 11.8 Å². The molecular formula is C38H55N3O8S. The second-order valence-electron chi connectivity index (χ2n) is 15.1. The van der Waals surface area contributed by atoms with Crippen LogP contribution in [0.4, 0.5) is 4.79 Å². The van der Waals surface area contributed by atoms with Gasteiger partial charge in [-0.3, -0.25) is 9.59 Å². The molecule has 276 valence electrons. The van der Waals surface area contributed by atoms with E-state index in [9.17, 15) is 29.7 Å². The average molecular weight is 714 g/mol. The maximum atomic E-state index is 13.3. The second kappa shape index (κ2) is 16.9. The summed E-state index contributed by atoms with van der Waals surface area (Å²) in [7, 11) is 0. The molecule has 2 saturated heterocycles. The quantitative estimate of drug-likeness (QED) is 0.231. The van der Waals surface area contributed by atoms with E-state index in [1.54, 1.807) is 25.0 Å². The number of thioether (sulfide) groups is 1. The van der Waals surface area contributed by atoms with E-state index in [1.807, 2.05) is 45.9 Å². The Bertz CT molecular complexity index is 1470. The van der Waals surface area contributed by atoms with Crippen molar-refractivity contribution < 1.29 is 39.2 Å². The third kappa shape index (κ3) is 10.7. The van der Waals surface area contributed by atoms with Crippen LogP contribution in [-0.2, 0) is 31.9 Å². The summed E-state index contributed by atoms with van der Waals surface area (Å²) in [6.07, 6.45) is 0.451. The van der Waals surface area contributed by atoms with Crippen LogP contribution in [0.5, 0.6) is 0 Å². The first-order chi connectivity index (χ1) is 23.5. The minimum absolute atomic E-state index is 0.0622. The van der Waals surface area contributed by atoms with Crippen molar-refractivity contribution in [2.45, 2.75) is 127 Å². The molecule has 5 atom stereocenters. The predicted octanol–water partition coefficient (Wildman–Crippen LogP) is 4.16. The standard InChI is InChI=1S/C38H55N3O8S/c1-23-11-16-26(33-31(44)30(43)32(45)34(48-33)50-7)22-27(23)21-25-14-12-24(13-15-25)9-8-10-29(42)40-38(5,6)35(46)41-19-17-28(18-20-41)39-36(47)49-37(2,3)4/h11-16,22,28,30-34,43-45H,8-10,17-21H2,1-7H3,(H,39,47)(H,40,42)/t30-,31-,32+,33+,34-/m1/s1. The fourth-order valence-corrected chi connectivity index (χ4v) is 7.11. The molecule has 0 radical (unpaired) electrons. The van der Waals surface area contributed by atoms with Gasteiger partial charge in [-0.25, -0.2) is 4.79 Å². The molecule has 12 heteroatoms. The highest BCUT2D eigenvalue weighted by molar-refractivity contribution is 7.99. The minimum Gasteiger partial charge on any atom is -0.444 e. The molecule has 2 aromatic carbocycles. The van der Waals surface area contributed by atoms with E-state index >= 15 is 0 Å². The summed E-state index contributed by atoms with van der Waals surface area (Å²) in [5.74, 6) is -0.310. The van der Waals surface area contributed by atoms with Gasteiger partial charge in [0.25, 0.3) is 0 Å². The van der Waals surface area contributed by atoms with Crippen molar-refractivity contribution in [2.75, 3.05) is 19.3 Å². The zero-order chi connectivity index (χ0) is 36.8. The van der Waals surface area contributed by atoms with Gasteiger partial charge >= 0.3 is 6.09 Å². The van der Waals surface area contributed by atoms with Gasteiger partial charge in [-0.05, 0) is 108 Å². The lowest BCUT2D eigenvalue weighted by molar-refractivity contribution is -0.200. The first-order valence-corrected chi connectivity index (χ1v) is 18.8. The highest BCUT2D eigenvalue weighted by Crippen LogP contribution is 2.36. The maximum absolute atomic E-state index is 13.3. The molecule has 2 aliphatic heterocycles. The number of alkyl carbamates (subject to hydrolysis) is 1. The van der Waals surface area contributed by atoms with E-state index in [0.29, 0.717) is 45.2 Å². The van der Waals surface area contributed by atoms with E-state index in [2.05, 4.69) is 34.9 Å². The van der Waals surface area contributed by atoms with E-state index in [4.69, 9.17) is 9.47 Å². The minimum atomic E-state index is -1.30. The summed E-state index contributed by atoms with van der Waals surface area (Å²) in [5.41, 5.74) is 2.89. The smallest absolute Gasteiger partial charge is 0.407 e. The molecule has 2 aromatic rings. The molecule has 0 bridgehead atoms. The molecule has 2 aliphatic rings. The molecule has 0 unspecified atom stereocenters. The lowest BCUT2D eigenvalue weighted by Gasteiger charge is -2.40. The van der Waals surface area contributed by atoms with Gasteiger partial charge in [0, 0.05) is 25.6 Å². The molecule has 2 fully saturated rings. The van der Waals surface area contributed by atoms with E-state index in [1.165, 1.54) is 11.8 Å². The molecule has 5 N–H and O–H groups in total. The average Bonchev–Trinajstić information content (AvgIpc) is 3.04. The molecule has 2 heterocycles. The van der Waals surface area contributed by atoms with Gasteiger partial charge in [0.1, 0.15) is 41.0 Å². The van der Waals surface area contributed by atoms with E-state index in [0.717, 1.165) is 34.2 Å². The van der Waals surface area contributed by atoms with Crippen LogP contribution >= 0.6 is 11.8 Å². The molecule has 4 rings (SSSR count). The number of amides is 3. The van der Waals surface area contributed by atoms with Crippen LogP contribution in [-0.4, -0.2) is 98.4 Å². The van der Waals surface area contributed by atoms with Crippen LogP contribution in [0.15, 0.2) is 42.5 Å². The van der Waals surface area contributed by atoms with Crippen LogP contribution in [0.3, 0.4) is 0 Å². The van der Waals surface area contributed by atoms with Gasteiger partial charge in [0.05, 0.1) is 0 Å². The van der Waals surface area contributed by atoms with Crippen molar-refractivity contribution in [1.29, 1.82) is 0 Å². The topological polar surface area (TPSA) is 158 Å². The first kappa shape index (κ1) is 39.6. The molecule has 0 spiro atoms. The van der Waals surface area contributed by atoms with Gasteiger partial charge in [-0.1, -0.05) is 42.5 Å². The number of aliphatic hydroxyl groups excluding tert-OH is 3. The maximum Gasteiger partial charge on any atom is 0.407 e. The van der Waals surface area contributed by atoms with Gasteiger partial charge in [-0.2, -0.15) is 0 Å². The highest BCUT2D eigenvalue weighted by Gasteiger charge is 2.44. The third-order valence-electron chi connectivity index (χ3n) is 9.28. The Labute approximate surface area is 300 Å². The van der Waals surface area contributed by atoms with Crippen molar-refractivity contribution in [2.24, 2.45) is 0 Å². The SMILES string of the molecule is CS[C@H]1O[C@@H](c2ccc(C)c(Cc3ccc(CCCC(=O)NC(C)(C)C(=O)N4CCC(NC(=O)OC(C)(C)C)CC4)cc3)c2)[C@H](O)[C@@H](O)[C@@H]1O. The van der Waals surface area contributed by atoms with Crippen LogP contribution < -0.4 is 10.6 Å². The molecule has 11 nitrogen and oxygen atoms in total. The molecule has 50 heavy (non-hydrogen) atoms. The van der Waals surface area contributed by atoms with Crippen LogP contribution in [0, 0.1) is 6.92 Å². The van der Waals surface area contributed by atoms with E-state index < -0.39 is 47.1 Å². The molecule has 3 amide bonds. The Morgan fingerprint density at radius 3 is 2.20 bits per heavy atom. The first-order valence-electron chi connectivity index (χ1n) is 17.5. The fraction of sp³-hybridized carbons (Fsp3) is 0.605. The molecule has 0 aromatic heterocycles. The number of nitrogens with one attached hydrogen (secondary N) is 2. The number of hydrogen-bond acceptors (Lipinski definition) is 9.